The predicted molar refractivity (Wildman–Crippen MR) is 88.6 cm³/mol. The largest absolute Gasteiger partial charge is 0.492 e. The highest BCUT2D eigenvalue weighted by atomic mass is 35.5. The Morgan fingerprint density at radius 3 is 2.41 bits per heavy atom. The maximum atomic E-state index is 6.07. The van der Waals surface area contributed by atoms with Crippen LogP contribution in [0.5, 0.6) is 5.75 Å². The van der Waals surface area contributed by atoms with E-state index in [1.165, 1.54) is 0 Å². The maximum absolute atomic E-state index is 6.07. The highest BCUT2D eigenvalue weighted by molar-refractivity contribution is 6.30. The topological polar surface area (TPSA) is 36.3 Å². The van der Waals surface area contributed by atoms with Gasteiger partial charge in [0.05, 0.1) is 6.61 Å². The lowest BCUT2D eigenvalue weighted by molar-refractivity contribution is 0.155. The van der Waals surface area contributed by atoms with E-state index < -0.39 is 0 Å². The molecular weight excluding hydrogens is 300 g/mol. The van der Waals surface area contributed by atoms with E-state index in [1.54, 1.807) is 24.7 Å². The highest BCUT2D eigenvalue weighted by Gasteiger charge is 2.26. The van der Waals surface area contributed by atoms with Crippen molar-refractivity contribution in [1.82, 2.24) is 9.55 Å². The molecule has 0 saturated carbocycles. The molecule has 1 aromatic heterocycles. The Morgan fingerprint density at radius 2 is 1.91 bits per heavy atom. The van der Waals surface area contributed by atoms with E-state index >= 15 is 0 Å². The first kappa shape index (κ1) is 16.4. The van der Waals surface area contributed by atoms with Gasteiger partial charge in [0.1, 0.15) is 12.1 Å². The van der Waals surface area contributed by atoms with Gasteiger partial charge in [-0.2, -0.15) is 0 Å². The molecule has 22 heavy (non-hydrogen) atoms. The molecular formula is C17H21ClN2O2. The first-order valence-electron chi connectivity index (χ1n) is 7.21. The zero-order valence-corrected chi connectivity index (χ0v) is 14.1. The molecule has 0 aliphatic carbocycles. The second kappa shape index (κ2) is 6.88. The summed E-state index contributed by atoms with van der Waals surface area (Å²) in [6, 6.07) is 7.23. The van der Waals surface area contributed by atoms with Gasteiger partial charge in [-0.05, 0) is 31.2 Å². The van der Waals surface area contributed by atoms with E-state index in [1.807, 2.05) is 29.8 Å². The summed E-state index contributed by atoms with van der Waals surface area (Å²) in [5.74, 6) is 2.06. The first-order chi connectivity index (χ1) is 10.4. The minimum absolute atomic E-state index is 0.206. The normalized spacial score (nSPS) is 12.8. The predicted octanol–water partition coefficient (Wildman–Crippen LogP) is 4.82. The minimum Gasteiger partial charge on any atom is -0.492 e. The van der Waals surface area contributed by atoms with Crippen LogP contribution in [0.2, 0.25) is 5.02 Å². The number of rotatable bonds is 5. The lowest BCUT2D eigenvalue weighted by Crippen LogP contribution is -2.19. The minimum atomic E-state index is -0.206. The fourth-order valence-electron chi connectivity index (χ4n) is 1.95. The zero-order chi connectivity index (χ0) is 16.2. The number of benzene rings is 1. The van der Waals surface area contributed by atoms with Gasteiger partial charge in [0.15, 0.2) is 5.76 Å². The van der Waals surface area contributed by atoms with Crippen LogP contribution in [0.25, 0.3) is 5.88 Å². The second-order valence-electron chi connectivity index (χ2n) is 5.84. The molecule has 0 atom stereocenters. The van der Waals surface area contributed by atoms with Gasteiger partial charge in [0.25, 0.3) is 0 Å². The van der Waals surface area contributed by atoms with E-state index in [4.69, 9.17) is 21.1 Å². The number of nitrogens with zero attached hydrogens (tertiary/aromatic N) is 2. The monoisotopic (exact) mass is 320 g/mol. The molecule has 2 rings (SSSR count). The summed E-state index contributed by atoms with van der Waals surface area (Å²) < 4.78 is 13.8. The highest BCUT2D eigenvalue weighted by Crippen LogP contribution is 2.32. The summed E-state index contributed by atoms with van der Waals surface area (Å²) in [5, 5.41) is 0.668. The molecule has 0 saturated heterocycles. The van der Waals surface area contributed by atoms with Crippen LogP contribution in [0, 0.1) is 5.41 Å². The molecule has 2 aromatic rings. The number of ether oxygens (including phenoxy) is 2. The molecule has 0 amide bonds. The third-order valence-electron chi connectivity index (χ3n) is 2.93. The fourth-order valence-corrected chi connectivity index (χ4v) is 2.08. The molecule has 0 aliphatic heterocycles. The number of allylic oxidation sites excluding steroid dienone is 1. The fraction of sp³-hybridized carbons (Fsp3) is 0.353. The lowest BCUT2D eigenvalue weighted by Gasteiger charge is -2.26. The third-order valence-corrected chi connectivity index (χ3v) is 3.18. The summed E-state index contributed by atoms with van der Waals surface area (Å²) in [6.07, 6.45) is 5.23. The summed E-state index contributed by atoms with van der Waals surface area (Å²) in [6.45, 7) is 8.77. The van der Waals surface area contributed by atoms with Crippen LogP contribution in [-0.4, -0.2) is 16.2 Å². The number of halogens is 1. The van der Waals surface area contributed by atoms with Crippen molar-refractivity contribution in [2.75, 3.05) is 6.61 Å². The Labute approximate surface area is 136 Å². The number of imidazole rings is 1. The lowest BCUT2D eigenvalue weighted by atomic mass is 9.94. The average Bonchev–Trinajstić information content (AvgIpc) is 2.97. The summed E-state index contributed by atoms with van der Waals surface area (Å²) in [4.78, 5) is 4.10. The summed E-state index contributed by atoms with van der Waals surface area (Å²) in [7, 11) is 0. The molecule has 1 aromatic carbocycles. The molecule has 0 bridgehead atoms. The van der Waals surface area contributed by atoms with E-state index in [0.29, 0.717) is 23.3 Å². The Bertz CT molecular complexity index is 626. The van der Waals surface area contributed by atoms with Crippen molar-refractivity contribution >= 4 is 17.5 Å². The van der Waals surface area contributed by atoms with Crippen molar-refractivity contribution < 1.29 is 9.47 Å². The number of hydrogen-bond acceptors (Lipinski definition) is 3. The van der Waals surface area contributed by atoms with Crippen LogP contribution in [0.3, 0.4) is 0 Å². The quantitative estimate of drug-likeness (QED) is 0.741. The molecule has 4 nitrogen and oxygen atoms in total. The number of hydrogen-bond donors (Lipinski definition) is 0. The number of aromatic nitrogens is 2. The van der Waals surface area contributed by atoms with E-state index in [0.717, 1.165) is 5.76 Å². The molecule has 0 aliphatic rings. The average molecular weight is 321 g/mol. The maximum Gasteiger partial charge on any atom is 0.244 e. The van der Waals surface area contributed by atoms with Gasteiger partial charge in [-0.1, -0.05) is 32.4 Å². The molecule has 0 radical (unpaired) electrons. The SMILES string of the molecule is CCOC(=C(Oc1ccc(Cl)cc1)n1ccnc1)C(C)(C)C. The molecule has 0 N–H and O–H groups in total. The summed E-state index contributed by atoms with van der Waals surface area (Å²) >= 11 is 5.93. The van der Waals surface area contributed by atoms with Crippen LogP contribution in [0.1, 0.15) is 27.7 Å². The van der Waals surface area contributed by atoms with E-state index in [2.05, 4.69) is 25.8 Å². The standard InChI is InChI=1S/C17H21ClN2O2/c1-5-21-15(17(2,3)4)16(20-11-10-19-12-20)22-14-8-6-13(18)7-9-14/h6-12H,5H2,1-4H3. The second-order valence-corrected chi connectivity index (χ2v) is 6.28. The molecule has 0 spiro atoms. The van der Waals surface area contributed by atoms with Gasteiger partial charge in [0, 0.05) is 22.8 Å². The molecule has 0 fully saturated rings. The van der Waals surface area contributed by atoms with Crippen molar-refractivity contribution in [3.05, 3.63) is 53.8 Å². The van der Waals surface area contributed by atoms with Gasteiger partial charge >= 0.3 is 0 Å². The van der Waals surface area contributed by atoms with Gasteiger partial charge in [0.2, 0.25) is 5.88 Å². The van der Waals surface area contributed by atoms with Gasteiger partial charge in [-0.25, -0.2) is 4.98 Å². The summed E-state index contributed by atoms with van der Waals surface area (Å²) in [5.41, 5.74) is -0.206. The van der Waals surface area contributed by atoms with Crippen LogP contribution in [-0.2, 0) is 4.74 Å². The molecule has 1 heterocycles. The van der Waals surface area contributed by atoms with E-state index in [9.17, 15) is 0 Å². The zero-order valence-electron chi connectivity index (χ0n) is 13.3. The Balaban J connectivity index is 2.48. The Morgan fingerprint density at radius 1 is 1.23 bits per heavy atom. The van der Waals surface area contributed by atoms with Crippen LogP contribution in [0.15, 0.2) is 48.7 Å². The smallest absolute Gasteiger partial charge is 0.244 e. The van der Waals surface area contributed by atoms with Gasteiger partial charge in [-0.15, -0.1) is 0 Å². The third kappa shape index (κ3) is 4.04. The van der Waals surface area contributed by atoms with Crippen LogP contribution in [0.4, 0.5) is 0 Å². The van der Waals surface area contributed by atoms with Crippen LogP contribution >= 0.6 is 11.6 Å². The van der Waals surface area contributed by atoms with Gasteiger partial charge in [-0.3, -0.25) is 4.57 Å². The van der Waals surface area contributed by atoms with Gasteiger partial charge < -0.3 is 9.47 Å². The van der Waals surface area contributed by atoms with E-state index in [-0.39, 0.29) is 5.41 Å². The van der Waals surface area contributed by atoms with Crippen molar-refractivity contribution in [2.24, 2.45) is 5.41 Å². The van der Waals surface area contributed by atoms with Crippen molar-refractivity contribution in [3.8, 4) is 5.75 Å². The molecule has 118 valence electrons. The molecule has 0 unspecified atom stereocenters. The first-order valence-corrected chi connectivity index (χ1v) is 7.59. The van der Waals surface area contributed by atoms with Crippen molar-refractivity contribution in [3.63, 3.8) is 0 Å². The van der Waals surface area contributed by atoms with Crippen LogP contribution < -0.4 is 4.74 Å². The Kier molecular flexibility index (Phi) is 5.14. The van der Waals surface area contributed by atoms with Crippen molar-refractivity contribution in [2.45, 2.75) is 27.7 Å². The van der Waals surface area contributed by atoms with Crippen molar-refractivity contribution in [1.29, 1.82) is 0 Å². The molecule has 5 heteroatoms. The Hall–Kier alpha value is -1.94.